The molecule has 0 saturated heterocycles. The van der Waals surface area contributed by atoms with Gasteiger partial charge < -0.3 is 5.11 Å². The van der Waals surface area contributed by atoms with E-state index >= 15 is 0 Å². The van der Waals surface area contributed by atoms with E-state index in [9.17, 15) is 22.0 Å². The molecule has 4 aromatic rings. The van der Waals surface area contributed by atoms with Gasteiger partial charge >= 0.3 is 5.97 Å². The zero-order valence-corrected chi connectivity index (χ0v) is 17.0. The van der Waals surface area contributed by atoms with Gasteiger partial charge in [-0.3, -0.25) is 4.79 Å². The van der Waals surface area contributed by atoms with Crippen LogP contribution in [0.3, 0.4) is 0 Å². The third-order valence-corrected chi connectivity index (χ3v) is 7.90. The van der Waals surface area contributed by atoms with Crippen LogP contribution < -0.4 is 0 Å². The Morgan fingerprint density at radius 1 is 1.03 bits per heavy atom. The first-order chi connectivity index (χ1) is 14.3. The lowest BCUT2D eigenvalue weighted by Gasteiger charge is -2.05. The Morgan fingerprint density at radius 2 is 1.80 bits per heavy atom. The predicted octanol–water partition coefficient (Wildman–Crippen LogP) is 4.90. The van der Waals surface area contributed by atoms with Crippen molar-refractivity contribution >= 4 is 38.2 Å². The van der Waals surface area contributed by atoms with Crippen molar-refractivity contribution in [2.24, 2.45) is 0 Å². The van der Waals surface area contributed by atoms with E-state index in [4.69, 9.17) is 5.11 Å². The minimum atomic E-state index is -4.02. The molecule has 0 bridgehead atoms. The fourth-order valence-corrected chi connectivity index (χ4v) is 6.01. The monoisotopic (exact) mass is 447 g/mol. The molecule has 0 aliphatic rings. The first-order valence-corrected chi connectivity index (χ1v) is 11.1. The maximum Gasteiger partial charge on any atom is 0.303 e. The second-order valence-electron chi connectivity index (χ2n) is 6.64. The fraction of sp³-hybridized carbons (Fsp3) is 0.0952. The normalized spacial score (nSPS) is 11.8. The van der Waals surface area contributed by atoms with Crippen molar-refractivity contribution in [3.8, 4) is 10.4 Å². The highest BCUT2D eigenvalue weighted by Gasteiger charge is 2.24. The van der Waals surface area contributed by atoms with Crippen LogP contribution in [0.2, 0.25) is 0 Å². The van der Waals surface area contributed by atoms with Crippen molar-refractivity contribution in [2.45, 2.75) is 17.1 Å². The Labute approximate surface area is 174 Å². The lowest BCUT2D eigenvalue weighted by Crippen LogP contribution is -2.10. The molecule has 0 fully saturated rings. The van der Waals surface area contributed by atoms with Crippen molar-refractivity contribution in [2.75, 3.05) is 0 Å². The zero-order chi connectivity index (χ0) is 21.5. The van der Waals surface area contributed by atoms with Crippen molar-refractivity contribution < 1.29 is 27.1 Å². The summed E-state index contributed by atoms with van der Waals surface area (Å²) < 4.78 is 54.9. The number of thiophene rings is 1. The van der Waals surface area contributed by atoms with Gasteiger partial charge in [-0.05, 0) is 60.0 Å². The number of hydrogen-bond donors (Lipinski definition) is 1. The van der Waals surface area contributed by atoms with Gasteiger partial charge in [-0.15, -0.1) is 11.3 Å². The molecule has 2 aromatic heterocycles. The second kappa shape index (κ2) is 7.66. The molecule has 30 heavy (non-hydrogen) atoms. The van der Waals surface area contributed by atoms with E-state index < -0.39 is 27.6 Å². The maximum atomic E-state index is 13.8. The van der Waals surface area contributed by atoms with Crippen molar-refractivity contribution in [1.29, 1.82) is 0 Å². The number of hydrogen-bond acceptors (Lipinski definition) is 4. The lowest BCUT2D eigenvalue weighted by molar-refractivity contribution is -0.136. The third-order valence-electron chi connectivity index (χ3n) is 4.63. The molecular weight excluding hydrogens is 432 g/mol. The summed E-state index contributed by atoms with van der Waals surface area (Å²) in [6.45, 7) is 0. The summed E-state index contributed by atoms with van der Waals surface area (Å²) >= 11 is 0.992. The van der Waals surface area contributed by atoms with E-state index in [0.29, 0.717) is 21.4 Å². The number of benzene rings is 2. The van der Waals surface area contributed by atoms with Crippen LogP contribution in [-0.2, 0) is 21.2 Å². The number of carbonyl (C=O) groups is 1. The number of nitrogens with zero attached hydrogens (tertiary/aromatic N) is 1. The smallest absolute Gasteiger partial charge is 0.303 e. The quantitative estimate of drug-likeness (QED) is 0.456. The number of halogens is 2. The lowest BCUT2D eigenvalue weighted by atomic mass is 10.1. The molecule has 5 nitrogen and oxygen atoms in total. The average molecular weight is 447 g/mol. The predicted molar refractivity (Wildman–Crippen MR) is 110 cm³/mol. The third kappa shape index (κ3) is 3.73. The molecule has 9 heteroatoms. The van der Waals surface area contributed by atoms with E-state index in [0.717, 1.165) is 21.4 Å². The number of carboxylic acids is 1. The highest BCUT2D eigenvalue weighted by atomic mass is 32.2. The van der Waals surface area contributed by atoms with Gasteiger partial charge in [0.25, 0.3) is 10.0 Å². The largest absolute Gasteiger partial charge is 0.481 e. The molecule has 154 valence electrons. The van der Waals surface area contributed by atoms with Crippen molar-refractivity contribution in [3.05, 3.63) is 78.0 Å². The second-order valence-corrected chi connectivity index (χ2v) is 9.76. The summed E-state index contributed by atoms with van der Waals surface area (Å²) in [5, 5.41) is 9.30. The molecule has 0 saturated carbocycles. The summed E-state index contributed by atoms with van der Waals surface area (Å²) in [5.41, 5.74) is 1.25. The van der Waals surface area contributed by atoms with Gasteiger partial charge in [-0.2, -0.15) is 8.42 Å². The first kappa shape index (κ1) is 20.2. The molecule has 0 radical (unpaired) electrons. The van der Waals surface area contributed by atoms with Crippen LogP contribution in [0, 0.1) is 11.6 Å². The standard InChI is InChI=1S/C21H15F2NO4S2/c22-15-3-1-2-13(10-15)19-7-9-21(29-19)30(27,28)24-12-14(4-8-20(25)26)17-11-16(23)5-6-18(17)24/h1-3,5-7,9-12H,4,8H2,(H,25,26). The number of carboxylic acid groups (broad SMARTS) is 1. The number of aryl methyl sites for hydroxylation is 1. The fourth-order valence-electron chi connectivity index (χ4n) is 3.23. The molecule has 0 aliphatic carbocycles. The average Bonchev–Trinajstić information content (AvgIpc) is 3.32. The molecule has 1 N–H and O–H groups in total. The highest BCUT2D eigenvalue weighted by molar-refractivity contribution is 7.92. The van der Waals surface area contributed by atoms with Crippen molar-refractivity contribution in [1.82, 2.24) is 3.97 Å². The maximum absolute atomic E-state index is 13.8. The summed E-state index contributed by atoms with van der Waals surface area (Å²) in [7, 11) is -4.02. The molecule has 0 unspecified atom stereocenters. The summed E-state index contributed by atoms with van der Waals surface area (Å²) in [6, 6.07) is 12.6. The number of rotatable bonds is 6. The number of aliphatic carboxylic acids is 1. The number of fused-ring (bicyclic) bond motifs is 1. The van der Waals surface area contributed by atoms with Crippen LogP contribution in [0.1, 0.15) is 12.0 Å². The Hall–Kier alpha value is -3.04. The molecular formula is C21H15F2NO4S2. The van der Waals surface area contributed by atoms with Gasteiger partial charge in [0.05, 0.1) is 5.52 Å². The van der Waals surface area contributed by atoms with E-state index in [1.165, 1.54) is 36.5 Å². The van der Waals surface area contributed by atoms with E-state index in [1.54, 1.807) is 18.2 Å². The molecule has 0 atom stereocenters. The highest BCUT2D eigenvalue weighted by Crippen LogP contribution is 2.34. The minimum absolute atomic E-state index is 0.0350. The topological polar surface area (TPSA) is 76.4 Å². The summed E-state index contributed by atoms with van der Waals surface area (Å²) in [5.74, 6) is -2.00. The minimum Gasteiger partial charge on any atom is -0.481 e. The molecule has 0 amide bonds. The van der Waals surface area contributed by atoms with Crippen LogP contribution in [0.25, 0.3) is 21.3 Å². The van der Waals surface area contributed by atoms with Crippen molar-refractivity contribution in [3.63, 3.8) is 0 Å². The Kier molecular flexibility index (Phi) is 5.17. The summed E-state index contributed by atoms with van der Waals surface area (Å²) in [4.78, 5) is 11.5. The van der Waals surface area contributed by atoms with E-state index in [2.05, 4.69) is 0 Å². The Morgan fingerprint density at radius 3 is 2.53 bits per heavy atom. The molecule has 4 rings (SSSR count). The van der Waals surface area contributed by atoms with Gasteiger partial charge in [-0.1, -0.05) is 12.1 Å². The van der Waals surface area contributed by atoms with E-state index in [-0.39, 0.29) is 22.6 Å². The van der Waals surface area contributed by atoms with Crippen LogP contribution in [0.15, 0.2) is 65.0 Å². The van der Waals surface area contributed by atoms with Crippen LogP contribution in [-0.4, -0.2) is 23.5 Å². The molecule has 0 spiro atoms. The molecule has 2 aromatic carbocycles. The Balaban J connectivity index is 1.80. The van der Waals surface area contributed by atoms with Gasteiger partial charge in [-0.25, -0.2) is 12.8 Å². The van der Waals surface area contributed by atoms with Crippen LogP contribution in [0.4, 0.5) is 8.78 Å². The Bertz CT molecular complexity index is 1370. The van der Waals surface area contributed by atoms with Crippen LogP contribution in [0.5, 0.6) is 0 Å². The van der Waals surface area contributed by atoms with Gasteiger partial charge in [0, 0.05) is 22.9 Å². The van der Waals surface area contributed by atoms with Gasteiger partial charge in [0.15, 0.2) is 0 Å². The van der Waals surface area contributed by atoms with Crippen LogP contribution >= 0.6 is 11.3 Å². The molecule has 0 aliphatic heterocycles. The van der Waals surface area contributed by atoms with Gasteiger partial charge in [0.1, 0.15) is 15.8 Å². The van der Waals surface area contributed by atoms with Gasteiger partial charge in [0.2, 0.25) is 0 Å². The number of aromatic nitrogens is 1. The van der Waals surface area contributed by atoms with E-state index in [1.807, 2.05) is 0 Å². The SMILES string of the molecule is O=C(O)CCc1cn(S(=O)(=O)c2ccc(-c3cccc(F)c3)s2)c2ccc(F)cc12. The summed E-state index contributed by atoms with van der Waals surface area (Å²) in [6.07, 6.45) is 1.19. The first-order valence-electron chi connectivity index (χ1n) is 8.88. The zero-order valence-electron chi connectivity index (χ0n) is 15.4. The molecule has 2 heterocycles.